The van der Waals surface area contributed by atoms with Gasteiger partial charge in [0.05, 0.1) is 18.1 Å². The molecule has 1 atom stereocenters. The van der Waals surface area contributed by atoms with Crippen LogP contribution >= 0.6 is 0 Å². The molecule has 0 aliphatic carbocycles. The van der Waals surface area contributed by atoms with Crippen molar-refractivity contribution in [3.63, 3.8) is 0 Å². The summed E-state index contributed by atoms with van der Waals surface area (Å²) in [6.45, 7) is 2.25. The van der Waals surface area contributed by atoms with Crippen LogP contribution < -0.4 is 18.9 Å². The molecule has 0 spiro atoms. The van der Waals surface area contributed by atoms with Crippen LogP contribution in [0.5, 0.6) is 23.0 Å². The Kier molecular flexibility index (Phi) is 4.32. The minimum Gasteiger partial charge on any atom is -0.490 e. The van der Waals surface area contributed by atoms with Gasteiger partial charge in [-0.3, -0.25) is 0 Å². The van der Waals surface area contributed by atoms with Gasteiger partial charge in [0.2, 0.25) is 16.8 Å². The number of hydrogen-bond acceptors (Lipinski definition) is 6. The lowest BCUT2D eigenvalue weighted by molar-refractivity contribution is 0.174. The summed E-state index contributed by atoms with van der Waals surface area (Å²) in [5.74, 6) is 2.67. The zero-order valence-electron chi connectivity index (χ0n) is 15.3. The second-order valence-electron chi connectivity index (χ2n) is 7.12. The Morgan fingerprint density at radius 3 is 2.46 bits per heavy atom. The average molecular weight is 403 g/mol. The van der Waals surface area contributed by atoms with Crippen LogP contribution in [0, 0.1) is 0 Å². The second kappa shape index (κ2) is 6.86. The highest BCUT2D eigenvalue weighted by Gasteiger charge is 2.34. The van der Waals surface area contributed by atoms with Gasteiger partial charge in [0, 0.05) is 25.6 Å². The van der Waals surface area contributed by atoms with Crippen molar-refractivity contribution in [1.82, 2.24) is 4.31 Å². The minimum atomic E-state index is -3.59. The molecule has 0 N–H and O–H groups in total. The first-order chi connectivity index (χ1) is 13.6. The van der Waals surface area contributed by atoms with Gasteiger partial charge >= 0.3 is 0 Å². The molecule has 0 bridgehead atoms. The smallest absolute Gasteiger partial charge is 0.243 e. The van der Waals surface area contributed by atoms with E-state index in [1.54, 1.807) is 22.5 Å². The standard InChI is InChI=1S/C20H21NO6S/c22-28(23,16-3-5-17-20(11-16)25-9-1-8-24-17)21-7-6-15(12-21)14-2-4-18-19(10-14)27-13-26-18/h2-5,10-11,15H,1,6-9,12-13H2/t15-/m1/s1. The van der Waals surface area contributed by atoms with Gasteiger partial charge in [-0.05, 0) is 42.2 Å². The van der Waals surface area contributed by atoms with Crippen molar-refractivity contribution in [2.75, 3.05) is 33.1 Å². The molecule has 1 saturated heterocycles. The van der Waals surface area contributed by atoms with Gasteiger partial charge in [-0.25, -0.2) is 8.42 Å². The maximum atomic E-state index is 13.2. The molecule has 0 saturated carbocycles. The van der Waals surface area contributed by atoms with E-state index < -0.39 is 10.0 Å². The van der Waals surface area contributed by atoms with Crippen LogP contribution in [0.3, 0.4) is 0 Å². The predicted octanol–water partition coefficient (Wildman–Crippen LogP) is 2.75. The molecular weight excluding hydrogens is 382 g/mol. The fourth-order valence-electron chi connectivity index (χ4n) is 3.84. The molecule has 8 heteroatoms. The highest BCUT2D eigenvalue weighted by atomic mass is 32.2. The van der Waals surface area contributed by atoms with Crippen molar-refractivity contribution in [3.05, 3.63) is 42.0 Å². The van der Waals surface area contributed by atoms with Crippen molar-refractivity contribution < 1.29 is 27.4 Å². The summed E-state index contributed by atoms with van der Waals surface area (Å²) in [6, 6.07) is 10.7. The number of hydrogen-bond donors (Lipinski definition) is 0. The van der Waals surface area contributed by atoms with E-state index >= 15 is 0 Å². The number of sulfonamides is 1. The van der Waals surface area contributed by atoms with Crippen molar-refractivity contribution >= 4 is 10.0 Å². The van der Waals surface area contributed by atoms with Gasteiger partial charge in [-0.1, -0.05) is 6.07 Å². The molecule has 28 heavy (non-hydrogen) atoms. The number of benzene rings is 2. The lowest BCUT2D eigenvalue weighted by Crippen LogP contribution is -2.28. The van der Waals surface area contributed by atoms with Crippen LogP contribution in [0.2, 0.25) is 0 Å². The predicted molar refractivity (Wildman–Crippen MR) is 101 cm³/mol. The van der Waals surface area contributed by atoms with E-state index in [1.807, 2.05) is 18.2 Å². The summed E-state index contributed by atoms with van der Waals surface area (Å²) >= 11 is 0. The largest absolute Gasteiger partial charge is 0.490 e. The molecule has 2 aromatic rings. The molecule has 5 rings (SSSR count). The molecular formula is C20H21NO6S. The van der Waals surface area contributed by atoms with Gasteiger partial charge in [-0.15, -0.1) is 0 Å². The van der Waals surface area contributed by atoms with Crippen molar-refractivity contribution in [2.24, 2.45) is 0 Å². The fourth-order valence-corrected chi connectivity index (χ4v) is 5.35. The maximum Gasteiger partial charge on any atom is 0.243 e. The zero-order chi connectivity index (χ0) is 19.1. The third-order valence-corrected chi connectivity index (χ3v) is 7.24. The number of ether oxygens (including phenoxy) is 4. The summed E-state index contributed by atoms with van der Waals surface area (Å²) in [7, 11) is -3.59. The van der Waals surface area contributed by atoms with Gasteiger partial charge in [0.15, 0.2) is 23.0 Å². The molecule has 3 heterocycles. The third-order valence-electron chi connectivity index (χ3n) is 5.38. The molecule has 0 amide bonds. The van der Waals surface area contributed by atoms with Crippen LogP contribution in [0.1, 0.15) is 24.3 Å². The molecule has 1 fully saturated rings. The molecule has 0 radical (unpaired) electrons. The first kappa shape index (κ1) is 17.6. The van der Waals surface area contributed by atoms with Crippen molar-refractivity contribution in [3.8, 4) is 23.0 Å². The molecule has 3 aliphatic rings. The van der Waals surface area contributed by atoms with Crippen LogP contribution in [0.15, 0.2) is 41.3 Å². The molecule has 0 unspecified atom stereocenters. The van der Waals surface area contributed by atoms with Gasteiger partial charge < -0.3 is 18.9 Å². The van der Waals surface area contributed by atoms with Crippen molar-refractivity contribution in [1.29, 1.82) is 0 Å². The van der Waals surface area contributed by atoms with E-state index in [-0.39, 0.29) is 17.6 Å². The third kappa shape index (κ3) is 3.06. The Labute approximate surface area is 163 Å². The van der Waals surface area contributed by atoms with Gasteiger partial charge in [0.25, 0.3) is 0 Å². The van der Waals surface area contributed by atoms with E-state index in [0.717, 1.165) is 29.9 Å². The summed E-state index contributed by atoms with van der Waals surface area (Å²) in [5.41, 5.74) is 1.07. The van der Waals surface area contributed by atoms with Crippen LogP contribution in [0.4, 0.5) is 0 Å². The lowest BCUT2D eigenvalue weighted by Gasteiger charge is -2.18. The molecule has 148 valence electrons. The fraction of sp³-hybridized carbons (Fsp3) is 0.400. The quantitative estimate of drug-likeness (QED) is 0.785. The first-order valence-electron chi connectivity index (χ1n) is 9.40. The number of rotatable bonds is 3. The van der Waals surface area contributed by atoms with E-state index in [1.165, 1.54) is 0 Å². The summed E-state index contributed by atoms with van der Waals surface area (Å²) in [4.78, 5) is 0.239. The Morgan fingerprint density at radius 2 is 1.57 bits per heavy atom. The highest BCUT2D eigenvalue weighted by Crippen LogP contribution is 2.39. The van der Waals surface area contributed by atoms with Crippen molar-refractivity contribution in [2.45, 2.75) is 23.7 Å². The topological polar surface area (TPSA) is 74.3 Å². The number of nitrogens with zero attached hydrogens (tertiary/aromatic N) is 1. The second-order valence-corrected chi connectivity index (χ2v) is 9.06. The Bertz CT molecular complexity index is 1010. The Balaban J connectivity index is 1.37. The van der Waals surface area contributed by atoms with Crippen LogP contribution in [-0.2, 0) is 10.0 Å². The lowest BCUT2D eigenvalue weighted by atomic mass is 9.98. The highest BCUT2D eigenvalue weighted by molar-refractivity contribution is 7.89. The summed E-state index contributed by atoms with van der Waals surface area (Å²) in [5, 5.41) is 0. The molecule has 2 aromatic carbocycles. The van der Waals surface area contributed by atoms with Crippen LogP contribution in [0.25, 0.3) is 0 Å². The van der Waals surface area contributed by atoms with Gasteiger partial charge in [-0.2, -0.15) is 4.31 Å². The van der Waals surface area contributed by atoms with Crippen LogP contribution in [-0.4, -0.2) is 45.8 Å². The normalized spacial score (nSPS) is 21.5. The Morgan fingerprint density at radius 1 is 0.857 bits per heavy atom. The minimum absolute atomic E-state index is 0.129. The maximum absolute atomic E-state index is 13.2. The first-order valence-corrected chi connectivity index (χ1v) is 10.8. The molecule has 0 aromatic heterocycles. The SMILES string of the molecule is O=S(=O)(c1ccc2c(c1)OCCCO2)N1CC[C@@H](c2ccc3c(c2)OCO3)C1. The van der Waals surface area contributed by atoms with E-state index in [2.05, 4.69) is 0 Å². The molecule has 3 aliphatic heterocycles. The average Bonchev–Trinajstić information content (AvgIpc) is 3.32. The monoisotopic (exact) mass is 403 g/mol. The zero-order valence-corrected chi connectivity index (χ0v) is 16.1. The van der Waals surface area contributed by atoms with E-state index in [4.69, 9.17) is 18.9 Å². The molecule has 7 nitrogen and oxygen atoms in total. The summed E-state index contributed by atoms with van der Waals surface area (Å²) in [6.07, 6.45) is 1.55. The van der Waals surface area contributed by atoms with Gasteiger partial charge in [0.1, 0.15) is 0 Å². The van der Waals surface area contributed by atoms with E-state index in [9.17, 15) is 8.42 Å². The Hall–Kier alpha value is -2.45. The van der Waals surface area contributed by atoms with E-state index in [0.29, 0.717) is 37.8 Å². The number of fused-ring (bicyclic) bond motifs is 2. The summed E-state index contributed by atoms with van der Waals surface area (Å²) < 4.78 is 49.9.